The first-order chi connectivity index (χ1) is 16.1. The molecular formula is C22H28N8O3S. The minimum Gasteiger partial charge on any atom is -0.377 e. The Bertz CT molecular complexity index is 1490. The minimum absolute atomic E-state index is 0.0780. The fourth-order valence-corrected chi connectivity index (χ4v) is 4.64. The zero-order valence-corrected chi connectivity index (χ0v) is 20.7. The molecule has 1 saturated heterocycles. The standard InChI is InChI=1S/C22H28N8O3S/c1-14-13-33-11-10-28(14)18-15-12-24-30(22(2,3)34(5,31)32)19(15)27-21(26-18)29-17-9-7-6-8-16(17)25-20(29)23-4/h6-9,12,14H,10-11,13H2,1-5H3,(H,23,25)/t14-/m1/s1. The van der Waals surface area contributed by atoms with Gasteiger partial charge in [0.15, 0.2) is 20.4 Å². The van der Waals surface area contributed by atoms with E-state index in [2.05, 4.69) is 27.2 Å². The largest absolute Gasteiger partial charge is 0.377 e. The van der Waals surface area contributed by atoms with Crippen molar-refractivity contribution in [2.24, 2.45) is 0 Å². The molecule has 3 aromatic heterocycles. The van der Waals surface area contributed by atoms with E-state index in [1.807, 2.05) is 28.8 Å². The van der Waals surface area contributed by atoms with Gasteiger partial charge in [0.25, 0.3) is 0 Å². The molecule has 5 rings (SSSR count). The lowest BCUT2D eigenvalue weighted by molar-refractivity contribution is 0.0987. The number of benzene rings is 1. The number of rotatable bonds is 5. The Morgan fingerprint density at radius 2 is 1.94 bits per heavy atom. The summed E-state index contributed by atoms with van der Waals surface area (Å²) in [5, 5.41) is 8.28. The van der Waals surface area contributed by atoms with Gasteiger partial charge < -0.3 is 15.0 Å². The maximum Gasteiger partial charge on any atom is 0.241 e. The molecule has 180 valence electrons. The number of morpholine rings is 1. The SMILES string of the molecule is CNc1nc2ccccc2n1-c1nc(N2CCOC[C@H]2C)c2cnn(C(C)(C)S(C)(=O)=O)c2n1. The van der Waals surface area contributed by atoms with Gasteiger partial charge in [-0.15, -0.1) is 0 Å². The molecule has 0 amide bonds. The van der Waals surface area contributed by atoms with Crippen LogP contribution in [-0.2, 0) is 19.4 Å². The summed E-state index contributed by atoms with van der Waals surface area (Å²) in [7, 11) is -1.71. The van der Waals surface area contributed by atoms with Gasteiger partial charge in [0, 0.05) is 19.8 Å². The Labute approximate surface area is 197 Å². The van der Waals surface area contributed by atoms with Crippen LogP contribution in [0.15, 0.2) is 30.5 Å². The smallest absolute Gasteiger partial charge is 0.241 e. The van der Waals surface area contributed by atoms with E-state index in [1.54, 1.807) is 27.1 Å². The number of hydrogen-bond donors (Lipinski definition) is 1. The summed E-state index contributed by atoms with van der Waals surface area (Å²) >= 11 is 0. The second-order valence-electron chi connectivity index (χ2n) is 8.99. The highest BCUT2D eigenvalue weighted by atomic mass is 32.2. The van der Waals surface area contributed by atoms with Crippen LogP contribution in [0, 0.1) is 0 Å². The summed E-state index contributed by atoms with van der Waals surface area (Å²) in [6.45, 7) is 7.11. The van der Waals surface area contributed by atoms with Crippen LogP contribution in [0.25, 0.3) is 28.0 Å². The molecule has 1 aliphatic rings. The van der Waals surface area contributed by atoms with Crippen LogP contribution >= 0.6 is 0 Å². The van der Waals surface area contributed by atoms with Crippen molar-refractivity contribution in [3.63, 3.8) is 0 Å². The van der Waals surface area contributed by atoms with Crippen molar-refractivity contribution in [3.05, 3.63) is 30.5 Å². The predicted octanol–water partition coefficient (Wildman–Crippen LogP) is 2.17. The Kier molecular flexibility index (Phi) is 5.24. The number of ether oxygens (including phenoxy) is 1. The van der Waals surface area contributed by atoms with Crippen LogP contribution < -0.4 is 10.2 Å². The van der Waals surface area contributed by atoms with Gasteiger partial charge in [0.2, 0.25) is 11.9 Å². The third-order valence-corrected chi connectivity index (χ3v) is 8.43. The van der Waals surface area contributed by atoms with E-state index in [1.165, 1.54) is 10.9 Å². The van der Waals surface area contributed by atoms with Crippen molar-refractivity contribution in [3.8, 4) is 5.95 Å². The molecule has 4 aromatic rings. The molecule has 1 atom stereocenters. The molecule has 4 heterocycles. The second-order valence-corrected chi connectivity index (χ2v) is 11.5. The second kappa shape index (κ2) is 7.91. The number of anilines is 2. The summed E-state index contributed by atoms with van der Waals surface area (Å²) in [4.78, 5) is 15.3. The molecule has 0 bridgehead atoms. The van der Waals surface area contributed by atoms with Crippen molar-refractivity contribution in [2.45, 2.75) is 31.7 Å². The van der Waals surface area contributed by atoms with Gasteiger partial charge >= 0.3 is 0 Å². The molecule has 0 spiro atoms. The molecule has 0 radical (unpaired) electrons. The topological polar surface area (TPSA) is 120 Å². The first-order valence-electron chi connectivity index (χ1n) is 11.1. The van der Waals surface area contributed by atoms with Crippen molar-refractivity contribution in [1.29, 1.82) is 0 Å². The fourth-order valence-electron chi connectivity index (χ4n) is 4.19. The maximum absolute atomic E-state index is 12.7. The first kappa shape index (κ1) is 22.5. The zero-order chi connectivity index (χ0) is 24.3. The van der Waals surface area contributed by atoms with Crippen LogP contribution in [0.5, 0.6) is 0 Å². The van der Waals surface area contributed by atoms with Crippen LogP contribution in [0.1, 0.15) is 20.8 Å². The average molecular weight is 485 g/mol. The Hall–Kier alpha value is -3.25. The summed E-state index contributed by atoms with van der Waals surface area (Å²) in [5.74, 6) is 1.64. The Morgan fingerprint density at radius 1 is 1.18 bits per heavy atom. The van der Waals surface area contributed by atoms with E-state index in [4.69, 9.17) is 14.7 Å². The van der Waals surface area contributed by atoms with Crippen LogP contribution in [0.4, 0.5) is 11.8 Å². The van der Waals surface area contributed by atoms with Crippen molar-refractivity contribution >= 4 is 43.7 Å². The number of para-hydroxylation sites is 2. The molecule has 1 N–H and O–H groups in total. The van der Waals surface area contributed by atoms with Gasteiger partial charge in [-0.3, -0.25) is 0 Å². The van der Waals surface area contributed by atoms with E-state index in [9.17, 15) is 8.42 Å². The molecule has 34 heavy (non-hydrogen) atoms. The first-order valence-corrected chi connectivity index (χ1v) is 13.0. The van der Waals surface area contributed by atoms with Crippen LogP contribution in [0.3, 0.4) is 0 Å². The third-order valence-electron chi connectivity index (χ3n) is 6.44. The molecule has 12 heteroatoms. The lowest BCUT2D eigenvalue weighted by atomic mass is 10.2. The number of hydrogen-bond acceptors (Lipinski definition) is 9. The molecule has 1 aliphatic heterocycles. The third kappa shape index (κ3) is 3.40. The fraction of sp³-hybridized carbons (Fsp3) is 0.455. The van der Waals surface area contributed by atoms with Crippen molar-refractivity contribution < 1.29 is 13.2 Å². The van der Waals surface area contributed by atoms with E-state index in [-0.39, 0.29) is 6.04 Å². The van der Waals surface area contributed by atoms with Crippen molar-refractivity contribution in [1.82, 2.24) is 29.3 Å². The number of imidazole rings is 1. The van der Waals surface area contributed by atoms with Crippen molar-refractivity contribution in [2.75, 3.05) is 43.3 Å². The molecule has 1 fully saturated rings. The summed E-state index contributed by atoms with van der Waals surface area (Å²) < 4.78 is 34.3. The van der Waals surface area contributed by atoms with E-state index >= 15 is 0 Å². The van der Waals surface area contributed by atoms with Crippen LogP contribution in [0.2, 0.25) is 0 Å². The van der Waals surface area contributed by atoms with Gasteiger partial charge in [-0.2, -0.15) is 15.1 Å². The number of nitrogens with zero attached hydrogens (tertiary/aromatic N) is 7. The van der Waals surface area contributed by atoms with Gasteiger partial charge in [0.1, 0.15) is 5.82 Å². The normalized spacial score (nSPS) is 17.6. The maximum atomic E-state index is 12.7. The summed E-state index contributed by atoms with van der Waals surface area (Å²) in [6, 6.07) is 7.81. The van der Waals surface area contributed by atoms with E-state index in [0.717, 1.165) is 11.0 Å². The lowest BCUT2D eigenvalue weighted by Gasteiger charge is -2.34. The van der Waals surface area contributed by atoms with Gasteiger partial charge in [-0.25, -0.2) is 22.7 Å². The Morgan fingerprint density at radius 3 is 2.65 bits per heavy atom. The van der Waals surface area contributed by atoms with Gasteiger partial charge in [0.05, 0.1) is 41.9 Å². The zero-order valence-electron chi connectivity index (χ0n) is 19.8. The van der Waals surface area contributed by atoms with E-state index in [0.29, 0.717) is 48.5 Å². The Balaban J connectivity index is 1.85. The monoisotopic (exact) mass is 484 g/mol. The molecule has 1 aromatic carbocycles. The number of nitrogens with one attached hydrogen (secondary N) is 1. The molecule has 0 aliphatic carbocycles. The molecule has 0 unspecified atom stereocenters. The predicted molar refractivity (Wildman–Crippen MR) is 131 cm³/mol. The summed E-state index contributed by atoms with van der Waals surface area (Å²) in [5.41, 5.74) is 2.07. The number of fused-ring (bicyclic) bond motifs is 2. The molecule has 0 saturated carbocycles. The molecule has 11 nitrogen and oxygen atoms in total. The van der Waals surface area contributed by atoms with Crippen LogP contribution in [-0.4, -0.2) is 76.8 Å². The highest BCUT2D eigenvalue weighted by molar-refractivity contribution is 7.91. The summed E-state index contributed by atoms with van der Waals surface area (Å²) in [6.07, 6.45) is 2.85. The number of aromatic nitrogens is 6. The minimum atomic E-state index is -3.50. The molecular weight excluding hydrogens is 456 g/mol. The highest BCUT2D eigenvalue weighted by Gasteiger charge is 2.36. The highest BCUT2D eigenvalue weighted by Crippen LogP contribution is 2.33. The van der Waals surface area contributed by atoms with Gasteiger partial charge in [-0.05, 0) is 32.9 Å². The quantitative estimate of drug-likeness (QED) is 0.454. The van der Waals surface area contributed by atoms with Gasteiger partial charge in [-0.1, -0.05) is 12.1 Å². The van der Waals surface area contributed by atoms with E-state index < -0.39 is 14.7 Å². The lowest BCUT2D eigenvalue weighted by Crippen LogP contribution is -2.44. The number of sulfone groups is 1. The average Bonchev–Trinajstić information content (AvgIpc) is 3.39.